The van der Waals surface area contributed by atoms with Crippen LogP contribution in [0.3, 0.4) is 0 Å². The fourth-order valence-corrected chi connectivity index (χ4v) is 2.61. The molecule has 0 amide bonds. The number of nitrogen functional groups attached to an aromatic ring is 1. The van der Waals surface area contributed by atoms with Crippen molar-refractivity contribution in [2.45, 2.75) is 39.2 Å². The van der Waals surface area contributed by atoms with Gasteiger partial charge in [0.15, 0.2) is 0 Å². The molecule has 1 aromatic rings. The summed E-state index contributed by atoms with van der Waals surface area (Å²) in [4.78, 5) is 0. The van der Waals surface area contributed by atoms with Gasteiger partial charge < -0.3 is 20.5 Å². The summed E-state index contributed by atoms with van der Waals surface area (Å²) >= 11 is 0. The SMILES string of the molecule is CCCOc1cc(N)cc(NC(C)C2CCOCC2)c1. The molecule has 0 aromatic heterocycles. The van der Waals surface area contributed by atoms with E-state index in [9.17, 15) is 0 Å². The van der Waals surface area contributed by atoms with Gasteiger partial charge in [0, 0.05) is 42.8 Å². The van der Waals surface area contributed by atoms with Crippen molar-refractivity contribution in [1.29, 1.82) is 0 Å². The van der Waals surface area contributed by atoms with E-state index in [2.05, 4.69) is 19.2 Å². The highest BCUT2D eigenvalue weighted by Gasteiger charge is 2.20. The molecule has 0 spiro atoms. The van der Waals surface area contributed by atoms with Gasteiger partial charge in [-0.3, -0.25) is 0 Å². The molecular formula is C16H26N2O2. The van der Waals surface area contributed by atoms with Crippen LogP contribution in [0.25, 0.3) is 0 Å². The van der Waals surface area contributed by atoms with Gasteiger partial charge in [0.2, 0.25) is 0 Å². The van der Waals surface area contributed by atoms with E-state index in [0.717, 1.165) is 56.2 Å². The lowest BCUT2D eigenvalue weighted by Crippen LogP contribution is -2.30. The number of anilines is 2. The first-order chi connectivity index (χ1) is 9.69. The van der Waals surface area contributed by atoms with Crippen molar-refractivity contribution in [1.82, 2.24) is 0 Å². The van der Waals surface area contributed by atoms with Crippen molar-refractivity contribution < 1.29 is 9.47 Å². The predicted molar refractivity (Wildman–Crippen MR) is 83.3 cm³/mol. The Morgan fingerprint density at radius 2 is 2.10 bits per heavy atom. The van der Waals surface area contributed by atoms with Crippen molar-refractivity contribution in [3.05, 3.63) is 18.2 Å². The lowest BCUT2D eigenvalue weighted by atomic mass is 9.93. The summed E-state index contributed by atoms with van der Waals surface area (Å²) < 4.78 is 11.1. The zero-order chi connectivity index (χ0) is 14.4. The molecule has 2 rings (SSSR count). The van der Waals surface area contributed by atoms with Crippen LogP contribution in [-0.4, -0.2) is 25.9 Å². The third-order valence-electron chi connectivity index (χ3n) is 3.77. The molecule has 1 fully saturated rings. The second-order valence-corrected chi connectivity index (χ2v) is 5.52. The van der Waals surface area contributed by atoms with Gasteiger partial charge in [-0.2, -0.15) is 0 Å². The average molecular weight is 278 g/mol. The first-order valence-corrected chi connectivity index (χ1v) is 7.56. The molecule has 1 saturated heterocycles. The smallest absolute Gasteiger partial charge is 0.123 e. The van der Waals surface area contributed by atoms with Crippen LogP contribution in [-0.2, 0) is 4.74 Å². The maximum absolute atomic E-state index is 5.95. The van der Waals surface area contributed by atoms with Crippen LogP contribution in [0.1, 0.15) is 33.1 Å². The number of hydrogen-bond acceptors (Lipinski definition) is 4. The topological polar surface area (TPSA) is 56.5 Å². The minimum atomic E-state index is 0.416. The van der Waals surface area contributed by atoms with Crippen LogP contribution in [0.2, 0.25) is 0 Å². The van der Waals surface area contributed by atoms with Crippen molar-refractivity contribution in [3.8, 4) is 5.75 Å². The van der Waals surface area contributed by atoms with E-state index in [1.165, 1.54) is 0 Å². The maximum Gasteiger partial charge on any atom is 0.123 e. The molecule has 0 saturated carbocycles. The van der Waals surface area contributed by atoms with Crippen molar-refractivity contribution in [2.24, 2.45) is 5.92 Å². The normalized spacial score (nSPS) is 17.7. The summed E-state index contributed by atoms with van der Waals surface area (Å²) in [7, 11) is 0. The number of nitrogens with one attached hydrogen (secondary N) is 1. The summed E-state index contributed by atoms with van der Waals surface area (Å²) in [5.74, 6) is 1.50. The molecule has 0 radical (unpaired) electrons. The molecule has 3 N–H and O–H groups in total. The van der Waals surface area contributed by atoms with Crippen LogP contribution in [0, 0.1) is 5.92 Å². The lowest BCUT2D eigenvalue weighted by molar-refractivity contribution is 0.0622. The van der Waals surface area contributed by atoms with E-state index in [1.807, 2.05) is 18.2 Å². The molecule has 1 atom stereocenters. The molecule has 4 nitrogen and oxygen atoms in total. The third kappa shape index (κ3) is 4.30. The van der Waals surface area contributed by atoms with Crippen molar-refractivity contribution >= 4 is 11.4 Å². The van der Waals surface area contributed by atoms with Crippen molar-refractivity contribution in [2.75, 3.05) is 30.9 Å². The molecule has 20 heavy (non-hydrogen) atoms. The summed E-state index contributed by atoms with van der Waals surface area (Å²) in [6.07, 6.45) is 3.24. The van der Waals surface area contributed by atoms with E-state index in [4.69, 9.17) is 15.2 Å². The Balaban J connectivity index is 1.98. The minimum Gasteiger partial charge on any atom is -0.493 e. The van der Waals surface area contributed by atoms with Crippen LogP contribution < -0.4 is 15.8 Å². The van der Waals surface area contributed by atoms with E-state index in [0.29, 0.717) is 12.0 Å². The Morgan fingerprint density at radius 1 is 1.35 bits per heavy atom. The Labute approximate surface area is 121 Å². The number of nitrogens with two attached hydrogens (primary N) is 1. The first-order valence-electron chi connectivity index (χ1n) is 7.56. The summed E-state index contributed by atoms with van der Waals surface area (Å²) in [5.41, 5.74) is 7.72. The highest BCUT2D eigenvalue weighted by molar-refractivity contribution is 5.59. The third-order valence-corrected chi connectivity index (χ3v) is 3.77. The highest BCUT2D eigenvalue weighted by atomic mass is 16.5. The molecule has 0 bridgehead atoms. The standard InChI is InChI=1S/C16H26N2O2/c1-3-6-20-16-10-14(17)9-15(11-16)18-12(2)13-4-7-19-8-5-13/h9-13,18H,3-8,17H2,1-2H3. The molecular weight excluding hydrogens is 252 g/mol. The molecule has 1 heterocycles. The number of ether oxygens (including phenoxy) is 2. The van der Waals surface area contributed by atoms with Gasteiger partial charge in [-0.05, 0) is 38.2 Å². The van der Waals surface area contributed by atoms with Gasteiger partial charge in [-0.1, -0.05) is 6.92 Å². The summed E-state index contributed by atoms with van der Waals surface area (Å²) in [6.45, 7) is 6.79. The summed E-state index contributed by atoms with van der Waals surface area (Å²) in [5, 5.41) is 3.55. The number of hydrogen-bond donors (Lipinski definition) is 2. The minimum absolute atomic E-state index is 0.416. The monoisotopic (exact) mass is 278 g/mol. The maximum atomic E-state index is 5.95. The highest BCUT2D eigenvalue weighted by Crippen LogP contribution is 2.26. The molecule has 1 aliphatic rings. The Morgan fingerprint density at radius 3 is 2.80 bits per heavy atom. The Hall–Kier alpha value is -1.42. The van der Waals surface area contributed by atoms with Crippen LogP contribution in [0.5, 0.6) is 5.75 Å². The molecule has 1 aliphatic heterocycles. The van der Waals surface area contributed by atoms with Crippen LogP contribution in [0.15, 0.2) is 18.2 Å². The zero-order valence-corrected chi connectivity index (χ0v) is 12.5. The molecule has 0 aliphatic carbocycles. The van der Waals surface area contributed by atoms with Crippen LogP contribution >= 0.6 is 0 Å². The first kappa shape index (κ1) is 15.0. The summed E-state index contributed by atoms with van der Waals surface area (Å²) in [6, 6.07) is 6.29. The van der Waals surface area contributed by atoms with E-state index >= 15 is 0 Å². The molecule has 4 heteroatoms. The zero-order valence-electron chi connectivity index (χ0n) is 12.5. The predicted octanol–water partition coefficient (Wildman–Crippen LogP) is 3.28. The van der Waals surface area contributed by atoms with Crippen LogP contribution in [0.4, 0.5) is 11.4 Å². The van der Waals surface area contributed by atoms with Gasteiger partial charge in [0.25, 0.3) is 0 Å². The quantitative estimate of drug-likeness (QED) is 0.784. The fourth-order valence-electron chi connectivity index (χ4n) is 2.61. The second kappa shape index (κ2) is 7.39. The van der Waals surface area contributed by atoms with Gasteiger partial charge in [-0.15, -0.1) is 0 Å². The number of benzene rings is 1. The van der Waals surface area contributed by atoms with E-state index in [-0.39, 0.29) is 0 Å². The molecule has 1 aromatic carbocycles. The van der Waals surface area contributed by atoms with Gasteiger partial charge in [0.1, 0.15) is 5.75 Å². The molecule has 112 valence electrons. The fraction of sp³-hybridized carbons (Fsp3) is 0.625. The van der Waals surface area contributed by atoms with Gasteiger partial charge in [0.05, 0.1) is 6.61 Å². The Bertz CT molecular complexity index is 417. The average Bonchev–Trinajstić information content (AvgIpc) is 2.45. The van der Waals surface area contributed by atoms with Gasteiger partial charge in [-0.25, -0.2) is 0 Å². The second-order valence-electron chi connectivity index (χ2n) is 5.52. The number of rotatable bonds is 6. The largest absolute Gasteiger partial charge is 0.493 e. The van der Waals surface area contributed by atoms with Crippen molar-refractivity contribution in [3.63, 3.8) is 0 Å². The Kier molecular flexibility index (Phi) is 5.53. The van der Waals surface area contributed by atoms with E-state index < -0.39 is 0 Å². The molecule has 1 unspecified atom stereocenters. The van der Waals surface area contributed by atoms with E-state index in [1.54, 1.807) is 0 Å². The van der Waals surface area contributed by atoms with Gasteiger partial charge >= 0.3 is 0 Å². The lowest BCUT2D eigenvalue weighted by Gasteiger charge is -2.29.